The van der Waals surface area contributed by atoms with Crippen molar-refractivity contribution < 1.29 is 8.42 Å². The molecule has 0 fully saturated rings. The highest BCUT2D eigenvalue weighted by Gasteiger charge is 2.13. The number of aromatic nitrogens is 2. The van der Waals surface area contributed by atoms with Gasteiger partial charge in [0.1, 0.15) is 0 Å². The summed E-state index contributed by atoms with van der Waals surface area (Å²) in [5.41, 5.74) is 1.88. The van der Waals surface area contributed by atoms with Crippen molar-refractivity contribution in [1.82, 2.24) is 19.8 Å². The molecule has 0 saturated carbocycles. The van der Waals surface area contributed by atoms with Crippen molar-refractivity contribution in [2.75, 3.05) is 6.54 Å². The predicted molar refractivity (Wildman–Crippen MR) is 81.1 cm³/mol. The van der Waals surface area contributed by atoms with Crippen LogP contribution in [0.4, 0.5) is 0 Å². The third-order valence-corrected chi connectivity index (χ3v) is 4.45. The lowest BCUT2D eigenvalue weighted by atomic mass is 10.2. The molecule has 2 aromatic rings. The first kappa shape index (κ1) is 15.7. The maximum Gasteiger partial charge on any atom is 0.240 e. The van der Waals surface area contributed by atoms with E-state index in [4.69, 9.17) is 0 Å². The monoisotopic (exact) mass is 308 g/mol. The van der Waals surface area contributed by atoms with Crippen molar-refractivity contribution in [3.8, 4) is 0 Å². The van der Waals surface area contributed by atoms with Gasteiger partial charge in [0, 0.05) is 31.9 Å². The summed E-state index contributed by atoms with van der Waals surface area (Å²) in [4.78, 5) is 0.270. The van der Waals surface area contributed by atoms with Crippen LogP contribution in [-0.2, 0) is 30.2 Å². The second kappa shape index (κ2) is 6.84. The van der Waals surface area contributed by atoms with Gasteiger partial charge in [0.15, 0.2) is 0 Å². The van der Waals surface area contributed by atoms with Gasteiger partial charge >= 0.3 is 0 Å². The minimum Gasteiger partial charge on any atom is -0.313 e. The fourth-order valence-corrected chi connectivity index (χ4v) is 2.90. The maximum absolute atomic E-state index is 12.2. The van der Waals surface area contributed by atoms with Crippen LogP contribution in [0.25, 0.3) is 0 Å². The highest BCUT2D eigenvalue weighted by Crippen LogP contribution is 2.11. The summed E-state index contributed by atoms with van der Waals surface area (Å²) in [6, 6.07) is 6.89. The number of nitrogens with zero attached hydrogens (tertiary/aromatic N) is 2. The second-order valence-electron chi connectivity index (χ2n) is 4.77. The Kier molecular flexibility index (Phi) is 5.11. The van der Waals surface area contributed by atoms with Crippen molar-refractivity contribution in [3.63, 3.8) is 0 Å². The first-order valence-electron chi connectivity index (χ1n) is 6.78. The van der Waals surface area contributed by atoms with Gasteiger partial charge < -0.3 is 5.32 Å². The summed E-state index contributed by atoms with van der Waals surface area (Å²) in [7, 11) is -1.70. The van der Waals surface area contributed by atoms with E-state index < -0.39 is 10.0 Å². The van der Waals surface area contributed by atoms with Gasteiger partial charge in [0.25, 0.3) is 0 Å². The highest BCUT2D eigenvalue weighted by atomic mass is 32.2. The smallest absolute Gasteiger partial charge is 0.240 e. The van der Waals surface area contributed by atoms with E-state index in [1.807, 2.05) is 19.1 Å². The van der Waals surface area contributed by atoms with E-state index in [1.165, 1.54) is 0 Å². The van der Waals surface area contributed by atoms with Crippen LogP contribution in [0.5, 0.6) is 0 Å². The standard InChI is InChI=1S/C14H20N4O2S/c1-3-15-8-12-4-6-14(7-5-12)21(19,20)17-10-13-9-16-18(2)11-13/h4-7,9,11,15,17H,3,8,10H2,1-2H3. The number of benzene rings is 1. The van der Waals surface area contributed by atoms with Crippen LogP contribution in [0.3, 0.4) is 0 Å². The molecule has 2 rings (SSSR count). The largest absolute Gasteiger partial charge is 0.313 e. The minimum absolute atomic E-state index is 0.231. The number of rotatable bonds is 7. The summed E-state index contributed by atoms with van der Waals surface area (Å²) in [6.07, 6.45) is 3.42. The lowest BCUT2D eigenvalue weighted by Crippen LogP contribution is -2.23. The second-order valence-corrected chi connectivity index (χ2v) is 6.54. The van der Waals surface area contributed by atoms with Gasteiger partial charge in [-0.1, -0.05) is 19.1 Å². The molecule has 0 aliphatic rings. The number of hydrogen-bond acceptors (Lipinski definition) is 4. The van der Waals surface area contributed by atoms with E-state index >= 15 is 0 Å². The van der Waals surface area contributed by atoms with E-state index in [0.717, 1.165) is 24.2 Å². The molecule has 0 atom stereocenters. The summed E-state index contributed by atoms with van der Waals surface area (Å²) in [6.45, 7) is 3.88. The minimum atomic E-state index is -3.49. The molecule has 1 aromatic carbocycles. The fourth-order valence-electron chi connectivity index (χ4n) is 1.88. The Morgan fingerprint density at radius 2 is 1.86 bits per heavy atom. The van der Waals surface area contributed by atoms with Crippen LogP contribution in [0.2, 0.25) is 0 Å². The van der Waals surface area contributed by atoms with Gasteiger partial charge in [-0.3, -0.25) is 4.68 Å². The SMILES string of the molecule is CCNCc1ccc(S(=O)(=O)NCc2cnn(C)c2)cc1. The van der Waals surface area contributed by atoms with E-state index in [1.54, 1.807) is 36.3 Å². The fraction of sp³-hybridized carbons (Fsp3) is 0.357. The zero-order chi connectivity index (χ0) is 15.3. The molecule has 1 heterocycles. The van der Waals surface area contributed by atoms with E-state index in [9.17, 15) is 8.42 Å². The zero-order valence-corrected chi connectivity index (χ0v) is 13.0. The van der Waals surface area contributed by atoms with Crippen molar-refractivity contribution in [2.24, 2.45) is 7.05 Å². The molecule has 0 radical (unpaired) electrons. The van der Waals surface area contributed by atoms with Gasteiger partial charge in [-0.15, -0.1) is 0 Å². The molecule has 2 N–H and O–H groups in total. The zero-order valence-electron chi connectivity index (χ0n) is 12.2. The van der Waals surface area contributed by atoms with Crippen LogP contribution in [0.1, 0.15) is 18.1 Å². The first-order chi connectivity index (χ1) is 10.0. The molecule has 7 heteroatoms. The quantitative estimate of drug-likeness (QED) is 0.800. The van der Waals surface area contributed by atoms with Crippen LogP contribution < -0.4 is 10.0 Å². The summed E-state index contributed by atoms with van der Waals surface area (Å²) in [5.74, 6) is 0. The van der Waals surface area contributed by atoms with Gasteiger partial charge in [0.05, 0.1) is 11.1 Å². The average Bonchev–Trinajstić information content (AvgIpc) is 2.89. The van der Waals surface area contributed by atoms with Gasteiger partial charge in [-0.05, 0) is 24.2 Å². The molecule has 0 unspecified atom stereocenters. The molecule has 0 spiro atoms. The number of hydrogen-bond donors (Lipinski definition) is 2. The van der Waals surface area contributed by atoms with Crippen molar-refractivity contribution in [3.05, 3.63) is 47.8 Å². The molecule has 114 valence electrons. The first-order valence-corrected chi connectivity index (χ1v) is 8.26. The molecular formula is C14H20N4O2S. The van der Waals surface area contributed by atoms with Gasteiger partial charge in [-0.2, -0.15) is 5.10 Å². The molecule has 0 aliphatic carbocycles. The number of sulfonamides is 1. The lowest BCUT2D eigenvalue weighted by molar-refractivity contribution is 0.581. The Morgan fingerprint density at radius 3 is 2.43 bits per heavy atom. The Bertz CT molecular complexity index is 677. The third kappa shape index (κ3) is 4.38. The molecule has 0 saturated heterocycles. The highest BCUT2D eigenvalue weighted by molar-refractivity contribution is 7.89. The molecule has 21 heavy (non-hydrogen) atoms. The van der Waals surface area contributed by atoms with Crippen LogP contribution in [0, 0.1) is 0 Å². The van der Waals surface area contributed by atoms with Crippen LogP contribution in [-0.4, -0.2) is 24.7 Å². The topological polar surface area (TPSA) is 76.0 Å². The predicted octanol–water partition coefficient (Wildman–Crippen LogP) is 1.01. The van der Waals surface area contributed by atoms with E-state index in [-0.39, 0.29) is 11.4 Å². The van der Waals surface area contributed by atoms with E-state index in [2.05, 4.69) is 15.1 Å². The summed E-state index contributed by atoms with van der Waals surface area (Å²) in [5, 5.41) is 7.20. The van der Waals surface area contributed by atoms with Crippen molar-refractivity contribution in [1.29, 1.82) is 0 Å². The molecular weight excluding hydrogens is 288 g/mol. The normalized spacial score (nSPS) is 11.7. The molecule has 1 aromatic heterocycles. The summed E-state index contributed by atoms with van der Waals surface area (Å²) < 4.78 is 28.6. The van der Waals surface area contributed by atoms with Crippen LogP contribution in [0.15, 0.2) is 41.6 Å². The summed E-state index contributed by atoms with van der Waals surface area (Å²) >= 11 is 0. The number of nitrogens with one attached hydrogen (secondary N) is 2. The van der Waals surface area contributed by atoms with Gasteiger partial charge in [0.2, 0.25) is 10.0 Å². The lowest BCUT2D eigenvalue weighted by Gasteiger charge is -2.07. The van der Waals surface area contributed by atoms with Crippen LogP contribution >= 0.6 is 0 Å². The van der Waals surface area contributed by atoms with Crippen molar-refractivity contribution in [2.45, 2.75) is 24.9 Å². The third-order valence-electron chi connectivity index (χ3n) is 3.04. The maximum atomic E-state index is 12.2. The molecule has 0 aliphatic heterocycles. The van der Waals surface area contributed by atoms with E-state index in [0.29, 0.717) is 0 Å². The Morgan fingerprint density at radius 1 is 1.14 bits per heavy atom. The molecule has 0 bridgehead atoms. The molecule has 0 amide bonds. The average molecular weight is 308 g/mol. The van der Waals surface area contributed by atoms with Gasteiger partial charge in [-0.25, -0.2) is 13.1 Å². The molecule has 6 nitrogen and oxygen atoms in total. The Balaban J connectivity index is 2.01. The Labute approximate surface area is 125 Å². The Hall–Kier alpha value is -1.70. The van der Waals surface area contributed by atoms with Crippen molar-refractivity contribution >= 4 is 10.0 Å². The number of aryl methyl sites for hydroxylation is 1.